The molecule has 0 spiro atoms. The van der Waals surface area contributed by atoms with Crippen molar-refractivity contribution in [2.75, 3.05) is 40.6 Å². The summed E-state index contributed by atoms with van der Waals surface area (Å²) in [5, 5.41) is 18.0. The van der Waals surface area contributed by atoms with E-state index in [4.69, 9.17) is 33.9 Å². The van der Waals surface area contributed by atoms with Crippen molar-refractivity contribution in [2.24, 2.45) is 5.41 Å². The zero-order chi connectivity index (χ0) is 33.2. The van der Waals surface area contributed by atoms with Crippen LogP contribution in [-0.2, 0) is 14.3 Å². The zero-order valence-corrected chi connectivity index (χ0v) is 26.2. The summed E-state index contributed by atoms with van der Waals surface area (Å²) in [5.41, 5.74) is -0.808. The molecular formula is C31H28F2O11S2. The molecule has 0 radical (unpaired) electrons. The highest BCUT2D eigenvalue weighted by Gasteiger charge is 2.42. The van der Waals surface area contributed by atoms with Crippen LogP contribution in [0.4, 0.5) is 8.78 Å². The highest BCUT2D eigenvalue weighted by Crippen LogP contribution is 2.43. The number of Topliss-reactive ketones (excluding diaryl/α,β-unsaturated/α-hetero) is 2. The molecule has 46 heavy (non-hydrogen) atoms. The fraction of sp³-hybridized carbons (Fsp3) is 0.355. The molecule has 1 aliphatic heterocycles. The first-order valence-corrected chi connectivity index (χ1v) is 15.5. The lowest BCUT2D eigenvalue weighted by atomic mass is 9.88. The van der Waals surface area contributed by atoms with Gasteiger partial charge in [-0.3, -0.25) is 19.2 Å². The molecule has 2 N–H and O–H groups in total. The van der Waals surface area contributed by atoms with E-state index in [0.29, 0.717) is 9.40 Å². The third-order valence-corrected chi connectivity index (χ3v) is 9.59. The number of halogens is 2. The van der Waals surface area contributed by atoms with Crippen molar-refractivity contribution in [2.45, 2.75) is 25.7 Å². The van der Waals surface area contributed by atoms with Crippen LogP contribution in [-0.4, -0.2) is 74.4 Å². The minimum absolute atomic E-state index is 0.0806. The number of ketones is 2. The van der Waals surface area contributed by atoms with Crippen LogP contribution >= 0.6 is 22.7 Å². The fourth-order valence-corrected chi connectivity index (χ4v) is 6.89. The molecule has 1 fully saturated rings. The van der Waals surface area contributed by atoms with E-state index >= 15 is 8.78 Å². The summed E-state index contributed by atoms with van der Waals surface area (Å²) in [6.07, 6.45) is -1.12. The average Bonchev–Trinajstić information content (AvgIpc) is 3.64. The standard InChI is InChI=1S/C31H28F2O11S2/c1-40-19-9-21-15(7-23(45-21)17(34)3-5-25(36)37)27(32)29(19)43-13-31(11-42-12-31)14-44-30-20(41-2)10-22-16(28(30)33)8-24(46-22)18(35)4-6-26(38)39/h7-10H,3-6,11-14H2,1-2H3,(H,36,37)(H,38,39). The number of rotatable bonds is 16. The average molecular weight is 679 g/mol. The van der Waals surface area contributed by atoms with Gasteiger partial charge in [0, 0.05) is 45.1 Å². The molecule has 15 heteroatoms. The van der Waals surface area contributed by atoms with Crippen molar-refractivity contribution in [1.82, 2.24) is 0 Å². The van der Waals surface area contributed by atoms with Crippen molar-refractivity contribution in [3.63, 3.8) is 0 Å². The lowest BCUT2D eigenvalue weighted by molar-refractivity contribution is -0.149. The van der Waals surface area contributed by atoms with Gasteiger partial charge in [0.1, 0.15) is 13.2 Å². The molecule has 0 bridgehead atoms. The Morgan fingerprint density at radius 1 is 0.739 bits per heavy atom. The van der Waals surface area contributed by atoms with Gasteiger partial charge in [-0.2, -0.15) is 0 Å². The Morgan fingerprint density at radius 2 is 1.15 bits per heavy atom. The summed E-state index contributed by atoms with van der Waals surface area (Å²) in [6.45, 7) is 0.111. The van der Waals surface area contributed by atoms with Crippen molar-refractivity contribution in [3.05, 3.63) is 45.7 Å². The molecule has 11 nitrogen and oxygen atoms in total. The molecule has 1 saturated heterocycles. The first-order chi connectivity index (χ1) is 21.9. The Balaban J connectivity index is 1.34. The van der Waals surface area contributed by atoms with Gasteiger partial charge in [-0.05, 0) is 12.1 Å². The number of hydrogen-bond donors (Lipinski definition) is 2. The van der Waals surface area contributed by atoms with Crippen molar-refractivity contribution in [3.8, 4) is 23.0 Å². The summed E-state index contributed by atoms with van der Waals surface area (Å²) >= 11 is 2.04. The van der Waals surface area contributed by atoms with Gasteiger partial charge in [0.05, 0.1) is 55.4 Å². The molecular weight excluding hydrogens is 650 g/mol. The largest absolute Gasteiger partial charge is 0.493 e. The van der Waals surface area contributed by atoms with E-state index in [2.05, 4.69) is 0 Å². The monoisotopic (exact) mass is 678 g/mol. The summed E-state index contributed by atoms with van der Waals surface area (Å²) in [7, 11) is 2.68. The molecule has 1 aliphatic rings. The molecule has 244 valence electrons. The van der Waals surface area contributed by atoms with Gasteiger partial charge >= 0.3 is 11.9 Å². The van der Waals surface area contributed by atoms with Gasteiger partial charge in [0.15, 0.2) is 46.2 Å². The fourth-order valence-electron chi connectivity index (χ4n) is 4.78. The van der Waals surface area contributed by atoms with Crippen LogP contribution in [0, 0.1) is 17.0 Å². The van der Waals surface area contributed by atoms with Gasteiger partial charge in [0.2, 0.25) is 0 Å². The second kappa shape index (κ2) is 13.6. The van der Waals surface area contributed by atoms with Crippen molar-refractivity contribution >= 4 is 66.4 Å². The number of aliphatic carboxylic acids is 2. The maximum Gasteiger partial charge on any atom is 0.303 e. The van der Waals surface area contributed by atoms with Crippen molar-refractivity contribution < 1.29 is 61.9 Å². The Bertz CT molecular complexity index is 1710. The summed E-state index contributed by atoms with van der Waals surface area (Å²) in [4.78, 5) is 47.0. The number of methoxy groups -OCH3 is 2. The number of carbonyl (C=O) groups is 4. The van der Waals surface area contributed by atoms with E-state index in [1.165, 1.54) is 38.5 Å². The highest BCUT2D eigenvalue weighted by atomic mass is 32.1. The topological polar surface area (TPSA) is 155 Å². The molecule has 0 atom stereocenters. The Hall–Kier alpha value is -4.34. The van der Waals surface area contributed by atoms with Crippen LogP contribution in [0.3, 0.4) is 0 Å². The smallest absolute Gasteiger partial charge is 0.303 e. The summed E-state index contributed by atoms with van der Waals surface area (Å²) < 4.78 is 60.2. The van der Waals surface area contributed by atoms with Gasteiger partial charge in [-0.15, -0.1) is 22.7 Å². The van der Waals surface area contributed by atoms with E-state index in [1.54, 1.807) is 0 Å². The SMILES string of the molecule is COc1cc2sc(C(=O)CCC(=O)O)cc2c(F)c1OCC1(COc2c(OC)cc3sc(C(=O)CCC(=O)O)cc3c2F)COC1. The predicted molar refractivity (Wildman–Crippen MR) is 163 cm³/mol. The Morgan fingerprint density at radius 3 is 1.48 bits per heavy atom. The van der Waals surface area contributed by atoms with Crippen LogP contribution in [0.15, 0.2) is 24.3 Å². The van der Waals surface area contributed by atoms with E-state index in [9.17, 15) is 19.2 Å². The normalized spacial score (nSPS) is 13.7. The molecule has 0 aliphatic carbocycles. The van der Waals surface area contributed by atoms with Crippen LogP contribution in [0.1, 0.15) is 45.0 Å². The second-order valence-corrected chi connectivity index (χ2v) is 12.9. The number of thiophene rings is 2. The number of benzene rings is 2. The van der Waals surface area contributed by atoms with Gasteiger partial charge in [-0.25, -0.2) is 8.78 Å². The van der Waals surface area contributed by atoms with Crippen LogP contribution < -0.4 is 18.9 Å². The Labute approximate surface area is 268 Å². The molecule has 0 saturated carbocycles. The van der Waals surface area contributed by atoms with Gasteiger partial charge < -0.3 is 33.9 Å². The van der Waals surface area contributed by atoms with E-state index in [-0.39, 0.29) is 95.6 Å². The zero-order valence-electron chi connectivity index (χ0n) is 24.6. The number of carbonyl (C=O) groups excluding carboxylic acids is 2. The van der Waals surface area contributed by atoms with Crippen LogP contribution in [0.5, 0.6) is 23.0 Å². The molecule has 2 aromatic heterocycles. The molecule has 5 rings (SSSR count). The summed E-state index contributed by atoms with van der Waals surface area (Å²) in [6, 6.07) is 5.78. The van der Waals surface area contributed by atoms with Crippen molar-refractivity contribution in [1.29, 1.82) is 0 Å². The third-order valence-electron chi connectivity index (χ3n) is 7.35. The minimum Gasteiger partial charge on any atom is -0.493 e. The third kappa shape index (κ3) is 6.76. The number of carboxylic acid groups (broad SMARTS) is 2. The first kappa shape index (κ1) is 33.0. The molecule has 4 aromatic rings. The van der Waals surface area contributed by atoms with E-state index in [0.717, 1.165) is 22.7 Å². The second-order valence-electron chi connectivity index (χ2n) is 10.7. The lowest BCUT2D eigenvalue weighted by Gasteiger charge is -2.40. The first-order valence-electron chi connectivity index (χ1n) is 13.9. The van der Waals surface area contributed by atoms with Crippen LogP contribution in [0.2, 0.25) is 0 Å². The lowest BCUT2D eigenvalue weighted by Crippen LogP contribution is -2.51. The molecule has 2 aromatic carbocycles. The number of hydrogen-bond acceptors (Lipinski definition) is 11. The van der Waals surface area contributed by atoms with E-state index in [1.807, 2.05) is 0 Å². The van der Waals surface area contributed by atoms with Gasteiger partial charge in [0.25, 0.3) is 0 Å². The predicted octanol–water partition coefficient (Wildman–Crippen LogP) is 5.98. The number of carboxylic acids is 2. The number of fused-ring (bicyclic) bond motifs is 2. The summed E-state index contributed by atoms with van der Waals surface area (Å²) in [5.74, 6) is -4.83. The molecule has 0 amide bonds. The number of ether oxygens (including phenoxy) is 5. The van der Waals surface area contributed by atoms with Gasteiger partial charge in [-0.1, -0.05) is 0 Å². The van der Waals surface area contributed by atoms with Crippen LogP contribution in [0.25, 0.3) is 20.2 Å². The molecule has 0 unspecified atom stereocenters. The Kier molecular flexibility index (Phi) is 9.74. The quantitative estimate of drug-likeness (QED) is 0.135. The molecule has 3 heterocycles. The minimum atomic E-state index is -1.11. The maximum atomic E-state index is 15.7. The maximum absolute atomic E-state index is 15.7. The van der Waals surface area contributed by atoms with E-state index < -0.39 is 40.6 Å². The highest BCUT2D eigenvalue weighted by molar-refractivity contribution is 7.21.